The lowest BCUT2D eigenvalue weighted by Crippen LogP contribution is -2.14. The number of aromatic amines is 1. The zero-order valence-corrected chi connectivity index (χ0v) is 15.5. The number of amides is 1. The lowest BCUT2D eigenvalue weighted by Gasteiger charge is -2.08. The summed E-state index contributed by atoms with van der Waals surface area (Å²) in [6, 6.07) is 16.0. The first-order valence-electron chi connectivity index (χ1n) is 8.87. The molecule has 9 heteroatoms. The van der Waals surface area contributed by atoms with Gasteiger partial charge in [0.05, 0.1) is 12.1 Å². The quantitative estimate of drug-likeness (QED) is 0.540. The molecule has 4 aromatic rings. The molecule has 0 saturated carbocycles. The second-order valence-corrected chi connectivity index (χ2v) is 6.46. The van der Waals surface area contributed by atoms with Gasteiger partial charge in [-0.15, -0.1) is 5.10 Å². The van der Waals surface area contributed by atoms with Crippen LogP contribution in [0.4, 0.5) is 5.69 Å². The van der Waals surface area contributed by atoms with E-state index in [4.69, 9.17) is 0 Å². The Hall–Kier alpha value is -4.14. The topological polar surface area (TPSA) is 118 Å². The van der Waals surface area contributed by atoms with Crippen LogP contribution in [-0.4, -0.2) is 36.1 Å². The van der Waals surface area contributed by atoms with Gasteiger partial charge in [-0.2, -0.15) is 0 Å². The fourth-order valence-corrected chi connectivity index (χ4v) is 2.90. The third kappa shape index (κ3) is 4.41. The number of carbonyl (C=O) groups excluding carboxylic acids is 1. The first-order valence-corrected chi connectivity index (χ1v) is 8.87. The number of tetrazole rings is 1. The molecule has 0 bridgehead atoms. The van der Waals surface area contributed by atoms with E-state index in [1.54, 1.807) is 29.8 Å². The van der Waals surface area contributed by atoms with Crippen LogP contribution in [0.25, 0.3) is 17.1 Å². The molecule has 0 aliphatic carbocycles. The van der Waals surface area contributed by atoms with Gasteiger partial charge in [0.2, 0.25) is 5.91 Å². The molecule has 0 spiro atoms. The van der Waals surface area contributed by atoms with Crippen molar-refractivity contribution < 1.29 is 4.79 Å². The van der Waals surface area contributed by atoms with Crippen molar-refractivity contribution in [3.05, 3.63) is 82.5 Å². The van der Waals surface area contributed by atoms with Crippen molar-refractivity contribution in [2.75, 3.05) is 5.32 Å². The second-order valence-electron chi connectivity index (χ2n) is 6.46. The van der Waals surface area contributed by atoms with Crippen molar-refractivity contribution in [1.82, 2.24) is 30.2 Å². The standard InChI is InChI=1S/C20H17N7O2/c1-13-9-18(28)24-20(22-13)15-3-2-4-16(11-15)23-19(29)10-14-5-7-17(8-6-14)27-12-21-25-26-27/h2-9,11-12H,10H2,1H3,(H,23,29)(H,22,24,28). The summed E-state index contributed by atoms with van der Waals surface area (Å²) in [5.41, 5.74) is 3.43. The number of aryl methyl sites for hydroxylation is 1. The van der Waals surface area contributed by atoms with Gasteiger partial charge in [0.15, 0.2) is 0 Å². The third-order valence-electron chi connectivity index (χ3n) is 4.20. The van der Waals surface area contributed by atoms with Crippen LogP contribution < -0.4 is 10.9 Å². The Bertz CT molecular complexity index is 1200. The number of nitrogens with one attached hydrogen (secondary N) is 2. The average Bonchev–Trinajstić information content (AvgIpc) is 3.23. The second kappa shape index (κ2) is 7.85. The Kier molecular flexibility index (Phi) is 4.93. The molecule has 144 valence electrons. The maximum absolute atomic E-state index is 12.4. The summed E-state index contributed by atoms with van der Waals surface area (Å²) in [5, 5.41) is 13.9. The smallest absolute Gasteiger partial charge is 0.251 e. The number of anilines is 1. The van der Waals surface area contributed by atoms with Crippen molar-refractivity contribution in [2.45, 2.75) is 13.3 Å². The minimum absolute atomic E-state index is 0.150. The summed E-state index contributed by atoms with van der Waals surface area (Å²) < 4.78 is 1.54. The van der Waals surface area contributed by atoms with Gasteiger partial charge < -0.3 is 10.3 Å². The van der Waals surface area contributed by atoms with E-state index in [9.17, 15) is 9.59 Å². The summed E-state index contributed by atoms with van der Waals surface area (Å²) in [7, 11) is 0. The van der Waals surface area contributed by atoms with Gasteiger partial charge in [-0.05, 0) is 47.2 Å². The number of hydrogen-bond donors (Lipinski definition) is 2. The van der Waals surface area contributed by atoms with Crippen molar-refractivity contribution in [2.24, 2.45) is 0 Å². The number of rotatable bonds is 5. The average molecular weight is 387 g/mol. The van der Waals surface area contributed by atoms with E-state index in [1.807, 2.05) is 30.3 Å². The molecule has 0 unspecified atom stereocenters. The molecule has 2 N–H and O–H groups in total. The largest absolute Gasteiger partial charge is 0.326 e. The SMILES string of the molecule is Cc1cc(=O)[nH]c(-c2cccc(NC(=O)Cc3ccc(-n4cnnn4)cc3)c2)n1. The van der Waals surface area contributed by atoms with Crippen LogP contribution in [0, 0.1) is 6.92 Å². The lowest BCUT2D eigenvalue weighted by molar-refractivity contribution is -0.115. The highest BCUT2D eigenvalue weighted by Gasteiger charge is 2.08. The molecular weight excluding hydrogens is 370 g/mol. The fourth-order valence-electron chi connectivity index (χ4n) is 2.90. The summed E-state index contributed by atoms with van der Waals surface area (Å²) >= 11 is 0. The van der Waals surface area contributed by atoms with Crippen LogP contribution in [0.3, 0.4) is 0 Å². The summed E-state index contributed by atoms with van der Waals surface area (Å²) in [6.07, 6.45) is 1.73. The summed E-state index contributed by atoms with van der Waals surface area (Å²) in [4.78, 5) is 31.1. The predicted molar refractivity (Wildman–Crippen MR) is 107 cm³/mol. The molecule has 1 amide bonds. The molecule has 4 rings (SSSR count). The lowest BCUT2D eigenvalue weighted by atomic mass is 10.1. The zero-order valence-electron chi connectivity index (χ0n) is 15.5. The highest BCUT2D eigenvalue weighted by molar-refractivity contribution is 5.92. The molecule has 2 aromatic heterocycles. The van der Waals surface area contributed by atoms with Gasteiger partial charge in [0, 0.05) is 23.0 Å². The highest BCUT2D eigenvalue weighted by atomic mass is 16.1. The Morgan fingerprint density at radius 3 is 2.69 bits per heavy atom. The minimum Gasteiger partial charge on any atom is -0.326 e. The molecule has 0 saturated heterocycles. The Morgan fingerprint density at radius 1 is 1.14 bits per heavy atom. The molecule has 9 nitrogen and oxygen atoms in total. The van der Waals surface area contributed by atoms with E-state index in [-0.39, 0.29) is 17.9 Å². The molecule has 0 fully saturated rings. The maximum Gasteiger partial charge on any atom is 0.251 e. The molecule has 0 atom stereocenters. The number of hydrogen-bond acceptors (Lipinski definition) is 6. The number of carbonyl (C=O) groups is 1. The number of nitrogens with zero attached hydrogens (tertiary/aromatic N) is 5. The number of benzene rings is 2. The fraction of sp³-hybridized carbons (Fsp3) is 0.100. The van der Waals surface area contributed by atoms with Gasteiger partial charge in [0.25, 0.3) is 5.56 Å². The molecule has 0 radical (unpaired) electrons. The molecule has 2 aromatic carbocycles. The molecule has 29 heavy (non-hydrogen) atoms. The van der Waals surface area contributed by atoms with Crippen molar-refractivity contribution in [3.63, 3.8) is 0 Å². The Morgan fingerprint density at radius 2 is 1.97 bits per heavy atom. The van der Waals surface area contributed by atoms with E-state index < -0.39 is 0 Å². The minimum atomic E-state index is -0.216. The van der Waals surface area contributed by atoms with Gasteiger partial charge >= 0.3 is 0 Å². The molecule has 0 aliphatic heterocycles. The molecule has 0 aliphatic rings. The Balaban J connectivity index is 1.45. The van der Waals surface area contributed by atoms with Crippen LogP contribution in [0.5, 0.6) is 0 Å². The van der Waals surface area contributed by atoms with Crippen molar-refractivity contribution >= 4 is 11.6 Å². The van der Waals surface area contributed by atoms with E-state index in [0.717, 1.165) is 16.8 Å². The van der Waals surface area contributed by atoms with Crippen LogP contribution in [-0.2, 0) is 11.2 Å². The normalized spacial score (nSPS) is 10.7. The summed E-state index contributed by atoms with van der Waals surface area (Å²) in [5.74, 6) is 0.312. The van der Waals surface area contributed by atoms with Crippen LogP contribution >= 0.6 is 0 Å². The van der Waals surface area contributed by atoms with Gasteiger partial charge in [-0.3, -0.25) is 9.59 Å². The van der Waals surface area contributed by atoms with E-state index in [0.29, 0.717) is 17.2 Å². The van der Waals surface area contributed by atoms with Crippen LogP contribution in [0.1, 0.15) is 11.3 Å². The van der Waals surface area contributed by atoms with E-state index >= 15 is 0 Å². The Labute approximate surface area is 165 Å². The molecular formula is C20H17N7O2. The number of aromatic nitrogens is 6. The number of H-pyrrole nitrogens is 1. The first kappa shape index (κ1) is 18.2. The zero-order chi connectivity index (χ0) is 20.2. The van der Waals surface area contributed by atoms with Crippen molar-refractivity contribution in [1.29, 1.82) is 0 Å². The predicted octanol–water partition coefficient (Wildman–Crippen LogP) is 1.90. The van der Waals surface area contributed by atoms with Gasteiger partial charge in [-0.1, -0.05) is 24.3 Å². The van der Waals surface area contributed by atoms with Crippen LogP contribution in [0.2, 0.25) is 0 Å². The van der Waals surface area contributed by atoms with Crippen molar-refractivity contribution in [3.8, 4) is 17.1 Å². The van der Waals surface area contributed by atoms with Gasteiger partial charge in [-0.25, -0.2) is 9.67 Å². The summed E-state index contributed by atoms with van der Waals surface area (Å²) in [6.45, 7) is 1.76. The highest BCUT2D eigenvalue weighted by Crippen LogP contribution is 2.19. The third-order valence-corrected chi connectivity index (χ3v) is 4.20. The maximum atomic E-state index is 12.4. The monoisotopic (exact) mass is 387 g/mol. The first-order chi connectivity index (χ1) is 14.1. The van der Waals surface area contributed by atoms with Crippen LogP contribution in [0.15, 0.2) is 65.7 Å². The van der Waals surface area contributed by atoms with E-state index in [1.165, 1.54) is 12.4 Å². The molecule has 2 heterocycles. The van der Waals surface area contributed by atoms with E-state index in [2.05, 4.69) is 30.8 Å². The van der Waals surface area contributed by atoms with Gasteiger partial charge in [0.1, 0.15) is 12.2 Å².